The number of aromatic nitrogens is 4. The molecule has 1 fully saturated rings. The molecule has 0 amide bonds. The standard InChI is InChI=1S/C11H14N4O5S2/c16-2-6-8(17)7(9(18)10(21)20-6)15-1-4(13-14-15)5-3-22-11(19)12-5/h1,3,6-10,16-18,21H,2H2,(H,12,19)/t6-,7+,8+,9-,10-/m1/s1. The molecule has 0 spiro atoms. The lowest BCUT2D eigenvalue weighted by Gasteiger charge is -2.40. The summed E-state index contributed by atoms with van der Waals surface area (Å²) in [6, 6.07) is -0.875. The van der Waals surface area contributed by atoms with Crippen LogP contribution in [0, 0.1) is 0 Å². The minimum Gasteiger partial charge on any atom is -0.394 e. The number of H-pyrrole nitrogens is 1. The molecule has 0 aliphatic carbocycles. The van der Waals surface area contributed by atoms with Gasteiger partial charge in [0.2, 0.25) is 0 Å². The van der Waals surface area contributed by atoms with Crippen LogP contribution in [0.4, 0.5) is 0 Å². The molecule has 0 radical (unpaired) electrons. The summed E-state index contributed by atoms with van der Waals surface area (Å²) in [4.78, 5) is 13.6. The van der Waals surface area contributed by atoms with Crippen LogP contribution in [0.2, 0.25) is 0 Å². The average molecular weight is 346 g/mol. The number of nitrogens with zero attached hydrogens (tertiary/aromatic N) is 3. The van der Waals surface area contributed by atoms with E-state index in [1.807, 2.05) is 0 Å². The Bertz CT molecular complexity index is 700. The van der Waals surface area contributed by atoms with Gasteiger partial charge in [-0.1, -0.05) is 16.6 Å². The fraction of sp³-hybridized carbons (Fsp3) is 0.545. The first-order valence-electron chi connectivity index (χ1n) is 6.42. The van der Waals surface area contributed by atoms with Crippen molar-refractivity contribution in [2.24, 2.45) is 0 Å². The third kappa shape index (κ3) is 2.71. The number of aliphatic hydroxyl groups excluding tert-OH is 3. The Balaban J connectivity index is 1.92. The van der Waals surface area contributed by atoms with Gasteiger partial charge in [0.05, 0.1) is 18.5 Å². The van der Waals surface area contributed by atoms with E-state index in [9.17, 15) is 20.1 Å². The van der Waals surface area contributed by atoms with Gasteiger partial charge >= 0.3 is 4.87 Å². The minimum atomic E-state index is -1.18. The van der Waals surface area contributed by atoms with Gasteiger partial charge in [0.15, 0.2) is 0 Å². The van der Waals surface area contributed by atoms with Crippen molar-refractivity contribution in [1.82, 2.24) is 20.0 Å². The van der Waals surface area contributed by atoms with Gasteiger partial charge in [-0.05, 0) is 0 Å². The van der Waals surface area contributed by atoms with Gasteiger partial charge in [0.25, 0.3) is 0 Å². The fourth-order valence-corrected chi connectivity index (χ4v) is 3.25. The Morgan fingerprint density at radius 1 is 1.45 bits per heavy atom. The zero-order chi connectivity index (χ0) is 15.9. The highest BCUT2D eigenvalue weighted by Crippen LogP contribution is 2.31. The Morgan fingerprint density at radius 3 is 2.86 bits per heavy atom. The topological polar surface area (TPSA) is 133 Å². The number of hydrogen-bond donors (Lipinski definition) is 5. The van der Waals surface area contributed by atoms with Gasteiger partial charge in [-0.2, -0.15) is 0 Å². The van der Waals surface area contributed by atoms with Crippen LogP contribution in [-0.2, 0) is 4.74 Å². The lowest BCUT2D eigenvalue weighted by Crippen LogP contribution is -2.54. The monoisotopic (exact) mass is 346 g/mol. The summed E-state index contributed by atoms with van der Waals surface area (Å²) in [5, 5.41) is 39.0. The van der Waals surface area contributed by atoms with Crippen LogP contribution >= 0.6 is 24.0 Å². The Kier molecular flexibility index (Phi) is 4.34. The first-order chi connectivity index (χ1) is 10.5. The Labute approximate surface area is 133 Å². The molecule has 0 unspecified atom stereocenters. The maximum Gasteiger partial charge on any atom is 0.304 e. The van der Waals surface area contributed by atoms with Crippen LogP contribution in [0.3, 0.4) is 0 Å². The fourth-order valence-electron chi connectivity index (χ4n) is 2.35. The van der Waals surface area contributed by atoms with Gasteiger partial charge in [-0.3, -0.25) is 4.79 Å². The zero-order valence-corrected chi connectivity index (χ0v) is 12.8. The molecule has 0 saturated carbocycles. The number of aliphatic hydroxyl groups is 3. The second-order valence-corrected chi connectivity index (χ2v) is 6.22. The summed E-state index contributed by atoms with van der Waals surface area (Å²) in [5.74, 6) is 0. The van der Waals surface area contributed by atoms with E-state index in [0.717, 1.165) is 11.3 Å². The molecule has 11 heteroatoms. The SMILES string of the molecule is O=c1[nH]c(-c2cn([C@@H]3[C@@H](O)[C@@H](S)O[C@H](CO)[C@@H]3O)nn2)cs1. The molecule has 1 aliphatic rings. The smallest absolute Gasteiger partial charge is 0.304 e. The molecule has 9 nitrogen and oxygen atoms in total. The van der Waals surface area contributed by atoms with Crippen LogP contribution < -0.4 is 4.87 Å². The lowest BCUT2D eigenvalue weighted by atomic mass is 9.97. The summed E-state index contributed by atoms with van der Waals surface area (Å²) in [6.07, 6.45) is -1.71. The van der Waals surface area contributed by atoms with Gasteiger partial charge in [0, 0.05) is 5.38 Å². The van der Waals surface area contributed by atoms with Crippen molar-refractivity contribution >= 4 is 24.0 Å². The van der Waals surface area contributed by atoms with E-state index < -0.39 is 36.4 Å². The van der Waals surface area contributed by atoms with Crippen molar-refractivity contribution in [1.29, 1.82) is 0 Å². The molecule has 3 heterocycles. The van der Waals surface area contributed by atoms with Crippen molar-refractivity contribution in [3.63, 3.8) is 0 Å². The lowest BCUT2D eigenvalue weighted by molar-refractivity contribution is -0.178. The number of nitrogens with one attached hydrogen (secondary N) is 1. The van der Waals surface area contributed by atoms with Gasteiger partial charge in [-0.15, -0.1) is 17.7 Å². The van der Waals surface area contributed by atoms with Crippen LogP contribution in [0.25, 0.3) is 11.4 Å². The molecule has 5 atom stereocenters. The van der Waals surface area contributed by atoms with Gasteiger partial charge in [0.1, 0.15) is 35.5 Å². The number of hydrogen-bond acceptors (Lipinski definition) is 9. The molecular formula is C11H14N4O5S2. The molecule has 22 heavy (non-hydrogen) atoms. The molecule has 1 aliphatic heterocycles. The minimum absolute atomic E-state index is 0.216. The van der Waals surface area contributed by atoms with Gasteiger partial charge < -0.3 is 25.0 Å². The largest absolute Gasteiger partial charge is 0.394 e. The number of aromatic amines is 1. The van der Waals surface area contributed by atoms with E-state index in [2.05, 4.69) is 27.9 Å². The molecule has 4 N–H and O–H groups in total. The molecule has 3 rings (SSSR count). The van der Waals surface area contributed by atoms with Crippen LogP contribution in [0.5, 0.6) is 0 Å². The highest BCUT2D eigenvalue weighted by Gasteiger charge is 2.44. The van der Waals surface area contributed by atoms with E-state index in [1.54, 1.807) is 5.38 Å². The van der Waals surface area contributed by atoms with Crippen LogP contribution in [0.15, 0.2) is 16.4 Å². The van der Waals surface area contributed by atoms with E-state index in [4.69, 9.17) is 4.74 Å². The maximum atomic E-state index is 11.2. The molecule has 120 valence electrons. The zero-order valence-electron chi connectivity index (χ0n) is 11.1. The number of thiol groups is 1. The quantitative estimate of drug-likeness (QED) is 0.432. The molecule has 1 saturated heterocycles. The van der Waals surface area contributed by atoms with Gasteiger partial charge in [-0.25, -0.2) is 4.68 Å². The molecule has 2 aromatic heterocycles. The number of ether oxygens (including phenoxy) is 1. The van der Waals surface area contributed by atoms with Crippen molar-refractivity contribution < 1.29 is 20.1 Å². The van der Waals surface area contributed by atoms with E-state index in [0.29, 0.717) is 11.4 Å². The average Bonchev–Trinajstić information content (AvgIpc) is 3.12. The Hall–Kier alpha value is -1.24. The Morgan fingerprint density at radius 2 is 2.23 bits per heavy atom. The van der Waals surface area contributed by atoms with E-state index in [1.165, 1.54) is 10.9 Å². The van der Waals surface area contributed by atoms with Crippen molar-refractivity contribution in [3.8, 4) is 11.4 Å². The summed E-state index contributed by atoms with van der Waals surface area (Å²) in [5.41, 5.74) is 0.0260. The second kappa shape index (κ2) is 6.10. The molecule has 0 aromatic carbocycles. The van der Waals surface area contributed by atoms with E-state index in [-0.39, 0.29) is 4.87 Å². The van der Waals surface area contributed by atoms with Crippen LogP contribution in [-0.4, -0.2) is 65.7 Å². The second-order valence-electron chi connectivity index (χ2n) is 4.87. The van der Waals surface area contributed by atoms with Crippen LogP contribution in [0.1, 0.15) is 6.04 Å². The third-order valence-corrected chi connectivity index (χ3v) is 4.58. The number of thiazole rings is 1. The summed E-state index contributed by atoms with van der Waals surface area (Å²) in [6.45, 7) is -0.416. The molecule has 0 bridgehead atoms. The first-order valence-corrected chi connectivity index (χ1v) is 7.81. The third-order valence-electron chi connectivity index (χ3n) is 3.48. The normalized spacial score (nSPS) is 32.3. The molecule has 2 aromatic rings. The predicted octanol–water partition coefficient (Wildman–Crippen LogP) is -1.40. The summed E-state index contributed by atoms with van der Waals surface area (Å²) < 4.78 is 6.50. The highest BCUT2D eigenvalue weighted by atomic mass is 32.1. The van der Waals surface area contributed by atoms with E-state index >= 15 is 0 Å². The first kappa shape index (κ1) is 15.6. The van der Waals surface area contributed by atoms with Crippen molar-refractivity contribution in [2.75, 3.05) is 6.61 Å². The highest BCUT2D eigenvalue weighted by molar-refractivity contribution is 7.80. The summed E-state index contributed by atoms with van der Waals surface area (Å²) in [7, 11) is 0. The number of rotatable bonds is 3. The summed E-state index contributed by atoms with van der Waals surface area (Å²) >= 11 is 5.10. The van der Waals surface area contributed by atoms with Crippen molar-refractivity contribution in [2.45, 2.75) is 29.8 Å². The molecular weight excluding hydrogens is 332 g/mol. The maximum absolute atomic E-state index is 11.2. The van der Waals surface area contributed by atoms with Crippen molar-refractivity contribution in [3.05, 3.63) is 21.2 Å². The predicted molar refractivity (Wildman–Crippen MR) is 79.7 cm³/mol.